The van der Waals surface area contributed by atoms with Crippen molar-refractivity contribution in [3.63, 3.8) is 0 Å². The minimum Gasteiger partial charge on any atom is -0.497 e. The van der Waals surface area contributed by atoms with Gasteiger partial charge in [0.25, 0.3) is 0 Å². The van der Waals surface area contributed by atoms with Gasteiger partial charge >= 0.3 is 0 Å². The Morgan fingerprint density at radius 1 is 0.935 bits per heavy atom. The summed E-state index contributed by atoms with van der Waals surface area (Å²) in [5.74, 6) is -0.204. The highest BCUT2D eigenvalue weighted by Gasteiger charge is 2.30. The molecule has 0 saturated carbocycles. The SMILES string of the molecule is COc1ccc(C(=O)/C(=N/Nc2c(Br)cc(Br)cc2Br)S(=O)(=O)c2ccccc2)cc1. The molecule has 0 spiro atoms. The molecule has 0 aliphatic carbocycles. The Labute approximate surface area is 205 Å². The van der Waals surface area contributed by atoms with Crippen molar-refractivity contribution >= 4 is 74.1 Å². The second-order valence-electron chi connectivity index (χ2n) is 6.15. The van der Waals surface area contributed by atoms with Crippen LogP contribution in [0.5, 0.6) is 5.75 Å². The summed E-state index contributed by atoms with van der Waals surface area (Å²) >= 11 is 10.2. The predicted molar refractivity (Wildman–Crippen MR) is 132 cm³/mol. The van der Waals surface area contributed by atoms with Gasteiger partial charge in [0.2, 0.25) is 20.7 Å². The van der Waals surface area contributed by atoms with Crippen LogP contribution in [0, 0.1) is 0 Å². The van der Waals surface area contributed by atoms with E-state index in [9.17, 15) is 13.2 Å². The third kappa shape index (κ3) is 5.43. The van der Waals surface area contributed by atoms with Crippen molar-refractivity contribution in [3.05, 3.63) is 85.7 Å². The molecule has 160 valence electrons. The molecule has 0 amide bonds. The molecular formula is C21H15Br3N2O4S. The Bertz CT molecular complexity index is 1220. The van der Waals surface area contributed by atoms with E-state index in [0.717, 1.165) is 4.47 Å². The number of halogens is 3. The maximum absolute atomic E-state index is 13.3. The first-order valence-electron chi connectivity index (χ1n) is 8.71. The summed E-state index contributed by atoms with van der Waals surface area (Å²) in [5, 5.41) is 3.40. The van der Waals surface area contributed by atoms with Crippen molar-refractivity contribution in [2.75, 3.05) is 12.5 Å². The third-order valence-corrected chi connectivity index (χ3v) is 7.52. The van der Waals surface area contributed by atoms with Crippen LogP contribution in [-0.4, -0.2) is 26.4 Å². The molecule has 0 atom stereocenters. The standard InChI is InChI=1S/C21H15Br3N2O4S/c1-30-15-9-7-13(8-10-15)20(27)21(31(28,29)16-5-3-2-4-6-16)26-25-19-17(23)11-14(22)12-18(19)24/h2-12,25H,1H3/b26-21-. The van der Waals surface area contributed by atoms with Gasteiger partial charge in [0.15, 0.2) is 0 Å². The number of ketones is 1. The van der Waals surface area contributed by atoms with Crippen molar-refractivity contribution in [3.8, 4) is 5.75 Å². The molecule has 0 bridgehead atoms. The van der Waals surface area contributed by atoms with Gasteiger partial charge in [-0.25, -0.2) is 8.42 Å². The maximum atomic E-state index is 13.3. The Kier molecular flexibility index (Phi) is 7.68. The molecule has 10 heteroatoms. The van der Waals surface area contributed by atoms with Gasteiger partial charge in [-0.15, -0.1) is 0 Å². The molecule has 3 aromatic rings. The summed E-state index contributed by atoms with van der Waals surface area (Å²) in [6.45, 7) is 0. The lowest BCUT2D eigenvalue weighted by atomic mass is 10.1. The number of nitrogens with one attached hydrogen (secondary N) is 1. The second kappa shape index (κ2) is 10.1. The van der Waals surface area contributed by atoms with E-state index in [0.29, 0.717) is 20.4 Å². The lowest BCUT2D eigenvalue weighted by Gasteiger charge is -2.11. The van der Waals surface area contributed by atoms with Crippen LogP contribution in [0.15, 0.2) is 90.1 Å². The van der Waals surface area contributed by atoms with E-state index in [4.69, 9.17) is 4.74 Å². The van der Waals surface area contributed by atoms with E-state index in [1.807, 2.05) is 0 Å². The first-order valence-corrected chi connectivity index (χ1v) is 12.6. The van der Waals surface area contributed by atoms with Crippen molar-refractivity contribution in [1.82, 2.24) is 0 Å². The quantitative estimate of drug-likeness (QED) is 0.155. The molecular weight excluding hydrogens is 616 g/mol. The van der Waals surface area contributed by atoms with Crippen LogP contribution in [0.25, 0.3) is 0 Å². The number of ether oxygens (including phenoxy) is 1. The molecule has 0 heterocycles. The highest BCUT2D eigenvalue weighted by Crippen LogP contribution is 2.34. The molecule has 1 N–H and O–H groups in total. The number of hydrogen-bond donors (Lipinski definition) is 1. The van der Waals surface area contributed by atoms with E-state index >= 15 is 0 Å². The minimum atomic E-state index is -4.20. The zero-order chi connectivity index (χ0) is 22.6. The van der Waals surface area contributed by atoms with Crippen molar-refractivity contribution in [2.45, 2.75) is 4.90 Å². The molecule has 0 aliphatic rings. The maximum Gasteiger partial charge on any atom is 0.229 e. The number of anilines is 1. The molecule has 6 nitrogen and oxygen atoms in total. The van der Waals surface area contributed by atoms with Crippen LogP contribution in [0.4, 0.5) is 5.69 Å². The Morgan fingerprint density at radius 2 is 1.52 bits per heavy atom. The fourth-order valence-electron chi connectivity index (χ4n) is 2.57. The number of carbonyl (C=O) groups is 1. The average molecular weight is 631 g/mol. The van der Waals surface area contributed by atoms with Crippen molar-refractivity contribution < 1.29 is 17.9 Å². The zero-order valence-electron chi connectivity index (χ0n) is 16.0. The van der Waals surface area contributed by atoms with E-state index in [1.165, 1.54) is 31.4 Å². The molecule has 31 heavy (non-hydrogen) atoms. The smallest absolute Gasteiger partial charge is 0.229 e. The van der Waals surface area contributed by atoms with E-state index < -0.39 is 20.7 Å². The van der Waals surface area contributed by atoms with Crippen LogP contribution in [0.3, 0.4) is 0 Å². The van der Waals surface area contributed by atoms with E-state index in [-0.39, 0.29) is 10.5 Å². The van der Waals surface area contributed by atoms with Crippen molar-refractivity contribution in [1.29, 1.82) is 0 Å². The first kappa shape index (κ1) is 23.6. The predicted octanol–water partition coefficient (Wildman–Crippen LogP) is 6.06. The van der Waals surface area contributed by atoms with Gasteiger partial charge < -0.3 is 4.74 Å². The summed E-state index contributed by atoms with van der Waals surface area (Å²) in [7, 11) is -2.70. The Hall–Kier alpha value is -2.01. The van der Waals surface area contributed by atoms with Crippen LogP contribution >= 0.6 is 47.8 Å². The molecule has 0 unspecified atom stereocenters. The van der Waals surface area contributed by atoms with Gasteiger partial charge in [0.1, 0.15) is 5.75 Å². The van der Waals surface area contributed by atoms with Gasteiger partial charge in [0.05, 0.1) is 17.7 Å². The van der Waals surface area contributed by atoms with Gasteiger partial charge in [-0.1, -0.05) is 34.1 Å². The fraction of sp³-hybridized carbons (Fsp3) is 0.0476. The van der Waals surface area contributed by atoms with E-state index in [1.54, 1.807) is 42.5 Å². The molecule has 0 radical (unpaired) electrons. The average Bonchev–Trinajstić information content (AvgIpc) is 2.75. The number of hydrazone groups is 1. The fourth-order valence-corrected chi connectivity index (χ4v) is 6.27. The number of hydrogen-bond acceptors (Lipinski definition) is 6. The number of benzene rings is 3. The topological polar surface area (TPSA) is 84.8 Å². The molecule has 0 aromatic heterocycles. The van der Waals surface area contributed by atoms with Crippen LogP contribution in [0.2, 0.25) is 0 Å². The summed E-state index contributed by atoms with van der Waals surface area (Å²) in [5.41, 5.74) is 3.33. The van der Waals surface area contributed by atoms with E-state index in [2.05, 4.69) is 58.3 Å². The lowest BCUT2D eigenvalue weighted by Crippen LogP contribution is -2.26. The lowest BCUT2D eigenvalue weighted by molar-refractivity contribution is 0.106. The highest BCUT2D eigenvalue weighted by atomic mass is 79.9. The van der Waals surface area contributed by atoms with Gasteiger partial charge in [-0.3, -0.25) is 10.2 Å². The summed E-state index contributed by atoms with van der Waals surface area (Å²) in [6, 6.07) is 17.3. The van der Waals surface area contributed by atoms with Crippen LogP contribution in [0.1, 0.15) is 10.4 Å². The van der Waals surface area contributed by atoms with Crippen molar-refractivity contribution in [2.24, 2.45) is 5.10 Å². The molecule has 3 aromatic carbocycles. The molecule has 3 rings (SSSR count). The first-order chi connectivity index (χ1) is 14.7. The highest BCUT2D eigenvalue weighted by molar-refractivity contribution is 9.11. The largest absolute Gasteiger partial charge is 0.497 e. The minimum absolute atomic E-state index is 0.0358. The Balaban J connectivity index is 2.10. The van der Waals surface area contributed by atoms with Crippen LogP contribution < -0.4 is 10.2 Å². The molecule has 0 aliphatic heterocycles. The normalized spacial score (nSPS) is 11.8. The van der Waals surface area contributed by atoms with Gasteiger partial charge in [-0.2, -0.15) is 5.10 Å². The number of Topliss-reactive ketones (excluding diaryl/α,β-unsaturated/α-hetero) is 1. The number of carbonyl (C=O) groups excluding carboxylic acids is 1. The number of nitrogens with zero attached hydrogens (tertiary/aromatic N) is 1. The van der Waals surface area contributed by atoms with Gasteiger partial charge in [-0.05, 0) is 80.4 Å². The molecule has 0 fully saturated rings. The summed E-state index contributed by atoms with van der Waals surface area (Å²) in [6.07, 6.45) is 0. The molecule has 0 saturated heterocycles. The van der Waals surface area contributed by atoms with Crippen LogP contribution in [-0.2, 0) is 9.84 Å². The van der Waals surface area contributed by atoms with Gasteiger partial charge in [0, 0.05) is 19.0 Å². The summed E-state index contributed by atoms with van der Waals surface area (Å²) in [4.78, 5) is 13.2. The zero-order valence-corrected chi connectivity index (χ0v) is 21.5. The summed E-state index contributed by atoms with van der Waals surface area (Å²) < 4.78 is 33.7. The number of methoxy groups -OCH3 is 1. The number of sulfone groups is 1. The number of rotatable bonds is 6. The monoisotopic (exact) mass is 628 g/mol. The third-order valence-electron chi connectivity index (χ3n) is 4.13. The second-order valence-corrected chi connectivity index (χ2v) is 10.6. The Morgan fingerprint density at radius 3 is 2.06 bits per heavy atom.